The number of pyridine rings is 1. The maximum Gasteiger partial charge on any atom is 0.147 e. The van der Waals surface area contributed by atoms with Crippen LogP contribution in [0.3, 0.4) is 0 Å². The lowest BCUT2D eigenvalue weighted by Crippen LogP contribution is -2.13. The first-order chi connectivity index (χ1) is 9.20. The standard InChI is InChI=1S/C11H14Cl2N6/c1-2-14-10-8(12)7-9(13)11(17-10)15-3-5-19-6-4-16-18-19/h4,6-7H,2-3,5H2,1H3,(H2,14,15,17). The van der Waals surface area contributed by atoms with Gasteiger partial charge in [-0.15, -0.1) is 5.10 Å². The van der Waals surface area contributed by atoms with Crippen LogP contribution in [0.1, 0.15) is 6.92 Å². The van der Waals surface area contributed by atoms with Crippen molar-refractivity contribution in [3.63, 3.8) is 0 Å². The van der Waals surface area contributed by atoms with E-state index in [0.717, 1.165) is 6.54 Å². The first kappa shape index (κ1) is 13.9. The molecule has 0 saturated carbocycles. The molecule has 0 saturated heterocycles. The zero-order valence-corrected chi connectivity index (χ0v) is 11.9. The van der Waals surface area contributed by atoms with Gasteiger partial charge in [-0.25, -0.2) is 4.98 Å². The highest BCUT2D eigenvalue weighted by Gasteiger charge is 2.08. The predicted octanol–water partition coefficient (Wildman–Crippen LogP) is 2.52. The maximum absolute atomic E-state index is 6.09. The van der Waals surface area contributed by atoms with Gasteiger partial charge in [0.25, 0.3) is 0 Å². The average Bonchev–Trinajstić information content (AvgIpc) is 2.88. The van der Waals surface area contributed by atoms with Crippen molar-refractivity contribution < 1.29 is 0 Å². The first-order valence-corrected chi connectivity index (χ1v) is 6.64. The molecular weight excluding hydrogens is 287 g/mol. The number of hydrogen-bond acceptors (Lipinski definition) is 5. The smallest absolute Gasteiger partial charge is 0.147 e. The topological polar surface area (TPSA) is 67.7 Å². The summed E-state index contributed by atoms with van der Waals surface area (Å²) >= 11 is 12.1. The van der Waals surface area contributed by atoms with Crippen molar-refractivity contribution in [2.75, 3.05) is 23.7 Å². The summed E-state index contributed by atoms with van der Waals surface area (Å²) in [6, 6.07) is 1.67. The molecule has 0 atom stereocenters. The van der Waals surface area contributed by atoms with Crippen LogP contribution in [0.4, 0.5) is 11.6 Å². The van der Waals surface area contributed by atoms with E-state index >= 15 is 0 Å². The van der Waals surface area contributed by atoms with Crippen molar-refractivity contribution in [1.82, 2.24) is 20.0 Å². The summed E-state index contributed by atoms with van der Waals surface area (Å²) in [5.74, 6) is 1.22. The normalized spacial score (nSPS) is 10.5. The second-order valence-corrected chi connectivity index (χ2v) is 4.59. The molecule has 0 aromatic carbocycles. The summed E-state index contributed by atoms with van der Waals surface area (Å²) in [7, 11) is 0. The van der Waals surface area contributed by atoms with Gasteiger partial charge in [-0.1, -0.05) is 28.4 Å². The van der Waals surface area contributed by atoms with Gasteiger partial charge < -0.3 is 10.6 Å². The molecule has 2 rings (SSSR count). The van der Waals surface area contributed by atoms with E-state index in [1.165, 1.54) is 0 Å². The fourth-order valence-electron chi connectivity index (χ4n) is 1.52. The van der Waals surface area contributed by atoms with Gasteiger partial charge in [0, 0.05) is 19.3 Å². The lowest BCUT2D eigenvalue weighted by Gasteiger charge is -2.11. The van der Waals surface area contributed by atoms with E-state index in [2.05, 4.69) is 25.9 Å². The van der Waals surface area contributed by atoms with Crippen LogP contribution in [0, 0.1) is 0 Å². The van der Waals surface area contributed by atoms with E-state index in [4.69, 9.17) is 23.2 Å². The fraction of sp³-hybridized carbons (Fsp3) is 0.364. The van der Waals surface area contributed by atoms with Crippen molar-refractivity contribution in [3.05, 3.63) is 28.5 Å². The lowest BCUT2D eigenvalue weighted by atomic mass is 10.4. The minimum Gasteiger partial charge on any atom is -0.369 e. The monoisotopic (exact) mass is 300 g/mol. The van der Waals surface area contributed by atoms with E-state index < -0.39 is 0 Å². The zero-order valence-electron chi connectivity index (χ0n) is 10.4. The molecule has 0 aliphatic carbocycles. The van der Waals surface area contributed by atoms with Gasteiger partial charge in [0.1, 0.15) is 11.6 Å². The Hall–Kier alpha value is -1.53. The summed E-state index contributed by atoms with van der Waals surface area (Å²) in [4.78, 5) is 4.35. The third kappa shape index (κ3) is 3.71. The van der Waals surface area contributed by atoms with Crippen molar-refractivity contribution in [3.8, 4) is 0 Å². The van der Waals surface area contributed by atoms with Crippen LogP contribution < -0.4 is 10.6 Å². The Kier molecular flexibility index (Phi) is 4.81. The highest BCUT2D eigenvalue weighted by Crippen LogP contribution is 2.28. The molecule has 0 aliphatic rings. The summed E-state index contributed by atoms with van der Waals surface area (Å²) in [6.45, 7) is 4.04. The summed E-state index contributed by atoms with van der Waals surface area (Å²) in [5, 5.41) is 14.8. The van der Waals surface area contributed by atoms with Crippen LogP contribution in [-0.2, 0) is 6.54 Å². The van der Waals surface area contributed by atoms with Gasteiger partial charge in [0.05, 0.1) is 22.8 Å². The molecule has 102 valence electrons. The molecule has 0 amide bonds. The van der Waals surface area contributed by atoms with Crippen LogP contribution >= 0.6 is 23.2 Å². The molecule has 2 N–H and O–H groups in total. The second kappa shape index (κ2) is 6.58. The molecular formula is C11H14Cl2N6. The molecule has 2 aromatic rings. The minimum atomic E-state index is 0.491. The Bertz CT molecular complexity index is 528. The lowest BCUT2D eigenvalue weighted by molar-refractivity contribution is 0.608. The number of rotatable bonds is 6. The summed E-state index contributed by atoms with van der Waals surface area (Å²) in [6.07, 6.45) is 3.43. The molecule has 19 heavy (non-hydrogen) atoms. The molecule has 0 radical (unpaired) electrons. The highest BCUT2D eigenvalue weighted by molar-refractivity contribution is 6.37. The molecule has 0 unspecified atom stereocenters. The molecule has 6 nitrogen and oxygen atoms in total. The number of anilines is 2. The van der Waals surface area contributed by atoms with E-state index in [0.29, 0.717) is 34.8 Å². The zero-order chi connectivity index (χ0) is 13.7. The van der Waals surface area contributed by atoms with Gasteiger partial charge in [-0.2, -0.15) is 0 Å². The van der Waals surface area contributed by atoms with Gasteiger partial charge in [0.15, 0.2) is 0 Å². The second-order valence-electron chi connectivity index (χ2n) is 3.77. The van der Waals surface area contributed by atoms with Gasteiger partial charge in [0.2, 0.25) is 0 Å². The van der Waals surface area contributed by atoms with Crippen LogP contribution in [0.5, 0.6) is 0 Å². The number of nitrogens with one attached hydrogen (secondary N) is 2. The Morgan fingerprint density at radius 1 is 1.21 bits per heavy atom. The number of nitrogens with zero attached hydrogens (tertiary/aromatic N) is 4. The molecule has 2 heterocycles. The minimum absolute atomic E-state index is 0.491. The number of hydrogen-bond donors (Lipinski definition) is 2. The van der Waals surface area contributed by atoms with Crippen molar-refractivity contribution in [2.45, 2.75) is 13.5 Å². The van der Waals surface area contributed by atoms with Gasteiger partial charge in [-0.3, -0.25) is 4.68 Å². The molecule has 0 fully saturated rings. The Morgan fingerprint density at radius 3 is 2.58 bits per heavy atom. The molecule has 0 spiro atoms. The molecule has 0 aliphatic heterocycles. The van der Waals surface area contributed by atoms with Gasteiger partial charge in [-0.05, 0) is 13.0 Å². The third-order valence-corrected chi connectivity index (χ3v) is 2.96. The van der Waals surface area contributed by atoms with E-state index in [-0.39, 0.29) is 0 Å². The van der Waals surface area contributed by atoms with Crippen molar-refractivity contribution in [1.29, 1.82) is 0 Å². The van der Waals surface area contributed by atoms with Crippen LogP contribution in [0.15, 0.2) is 18.5 Å². The highest BCUT2D eigenvalue weighted by atomic mass is 35.5. The van der Waals surface area contributed by atoms with Crippen LogP contribution in [0.25, 0.3) is 0 Å². The summed E-state index contributed by atoms with van der Waals surface area (Å²) < 4.78 is 1.72. The Balaban J connectivity index is 2.00. The molecule has 8 heteroatoms. The van der Waals surface area contributed by atoms with E-state index in [1.54, 1.807) is 23.1 Å². The predicted molar refractivity (Wildman–Crippen MR) is 76.9 cm³/mol. The van der Waals surface area contributed by atoms with Crippen molar-refractivity contribution in [2.24, 2.45) is 0 Å². The average molecular weight is 301 g/mol. The van der Waals surface area contributed by atoms with Gasteiger partial charge >= 0.3 is 0 Å². The SMILES string of the molecule is CCNc1nc(NCCn2ccnn2)c(Cl)cc1Cl. The Morgan fingerprint density at radius 2 is 1.95 bits per heavy atom. The van der Waals surface area contributed by atoms with Crippen molar-refractivity contribution >= 4 is 34.8 Å². The van der Waals surface area contributed by atoms with Crippen LogP contribution in [0.2, 0.25) is 10.0 Å². The van der Waals surface area contributed by atoms with Crippen LogP contribution in [-0.4, -0.2) is 33.1 Å². The number of aromatic nitrogens is 4. The maximum atomic E-state index is 6.09. The first-order valence-electron chi connectivity index (χ1n) is 5.88. The fourth-order valence-corrected chi connectivity index (χ4v) is 2.02. The largest absolute Gasteiger partial charge is 0.369 e. The quantitative estimate of drug-likeness (QED) is 0.858. The van der Waals surface area contributed by atoms with E-state index in [9.17, 15) is 0 Å². The summed E-state index contributed by atoms with van der Waals surface area (Å²) in [5.41, 5.74) is 0. The Labute approximate surface area is 121 Å². The molecule has 2 aromatic heterocycles. The van der Waals surface area contributed by atoms with E-state index in [1.807, 2.05) is 6.92 Å². The molecule has 0 bridgehead atoms. The number of halogens is 2. The third-order valence-electron chi connectivity index (χ3n) is 2.38.